The molecule has 0 saturated carbocycles. The Bertz CT molecular complexity index is 276. The highest BCUT2D eigenvalue weighted by Crippen LogP contribution is 2.30. The van der Waals surface area contributed by atoms with E-state index >= 15 is 0 Å². The van der Waals surface area contributed by atoms with E-state index in [1.807, 2.05) is 0 Å². The molecule has 2 heteroatoms. The van der Waals surface area contributed by atoms with Crippen LogP contribution < -0.4 is 0 Å². The zero-order chi connectivity index (χ0) is 10.0. The maximum absolute atomic E-state index is 9.90. The molecule has 0 bridgehead atoms. The van der Waals surface area contributed by atoms with Gasteiger partial charge in [0.25, 0.3) is 0 Å². The molecule has 1 heterocycles. The molecule has 74 valence electrons. The minimum atomic E-state index is -0.265. The second kappa shape index (κ2) is 4.25. The Morgan fingerprint density at radius 1 is 1.38 bits per heavy atom. The third-order valence-electron chi connectivity index (χ3n) is 2.08. The van der Waals surface area contributed by atoms with Gasteiger partial charge in [0.2, 0.25) is 0 Å². The highest BCUT2D eigenvalue weighted by molar-refractivity contribution is 7.12. The summed E-state index contributed by atoms with van der Waals surface area (Å²) in [5.74, 6) is 0.553. The van der Waals surface area contributed by atoms with Crippen LogP contribution in [0.5, 0.6) is 0 Å². The van der Waals surface area contributed by atoms with Crippen LogP contribution in [0.2, 0.25) is 0 Å². The lowest BCUT2D eigenvalue weighted by Crippen LogP contribution is -2.00. The number of hydrogen-bond acceptors (Lipinski definition) is 2. The molecule has 0 spiro atoms. The van der Waals surface area contributed by atoms with Crippen molar-refractivity contribution >= 4 is 11.3 Å². The molecule has 0 saturated heterocycles. The first kappa shape index (κ1) is 10.7. The summed E-state index contributed by atoms with van der Waals surface area (Å²) in [6.45, 7) is 8.43. The minimum absolute atomic E-state index is 0.265. The van der Waals surface area contributed by atoms with Crippen LogP contribution in [0.25, 0.3) is 0 Å². The van der Waals surface area contributed by atoms with Crippen molar-refractivity contribution in [3.05, 3.63) is 21.4 Å². The van der Waals surface area contributed by atoms with E-state index in [0.29, 0.717) is 5.92 Å². The average molecular weight is 198 g/mol. The summed E-state index contributed by atoms with van der Waals surface area (Å²) >= 11 is 1.71. The molecule has 1 aromatic heterocycles. The van der Waals surface area contributed by atoms with Gasteiger partial charge >= 0.3 is 0 Å². The monoisotopic (exact) mass is 198 g/mol. The highest BCUT2D eigenvalue weighted by Gasteiger charge is 2.14. The molecule has 1 nitrogen and oxygen atoms in total. The lowest BCUT2D eigenvalue weighted by atomic mass is 10.0. The summed E-state index contributed by atoms with van der Waals surface area (Å²) in [6.07, 6.45) is 0.597. The Labute approximate surface area is 84.4 Å². The van der Waals surface area contributed by atoms with Crippen molar-refractivity contribution in [1.82, 2.24) is 0 Å². The molecule has 0 fully saturated rings. The van der Waals surface area contributed by atoms with E-state index in [1.165, 1.54) is 10.4 Å². The van der Waals surface area contributed by atoms with Gasteiger partial charge in [0.1, 0.15) is 0 Å². The number of aryl methyl sites for hydroxylation is 2. The van der Waals surface area contributed by atoms with E-state index in [4.69, 9.17) is 0 Å². The molecule has 0 radical (unpaired) electrons. The van der Waals surface area contributed by atoms with Crippen molar-refractivity contribution in [3.8, 4) is 0 Å². The molecule has 0 aliphatic heterocycles. The van der Waals surface area contributed by atoms with Gasteiger partial charge in [-0.25, -0.2) is 0 Å². The van der Waals surface area contributed by atoms with E-state index in [-0.39, 0.29) is 6.10 Å². The van der Waals surface area contributed by atoms with Crippen LogP contribution in [0.3, 0.4) is 0 Å². The van der Waals surface area contributed by atoms with Crippen molar-refractivity contribution in [1.29, 1.82) is 0 Å². The lowest BCUT2D eigenvalue weighted by Gasteiger charge is -2.12. The standard InChI is InChI=1S/C11H18OS/c1-7(2)5-10(12)11-8(3)6-9(4)13-11/h6-7,10,12H,5H2,1-4H3. The fraction of sp³-hybridized carbons (Fsp3) is 0.636. The number of aliphatic hydroxyl groups is 1. The molecule has 1 N–H and O–H groups in total. The summed E-state index contributed by atoms with van der Waals surface area (Å²) in [5, 5.41) is 9.90. The summed E-state index contributed by atoms with van der Waals surface area (Å²) in [7, 11) is 0. The van der Waals surface area contributed by atoms with Gasteiger partial charge in [-0.05, 0) is 37.8 Å². The summed E-state index contributed by atoms with van der Waals surface area (Å²) in [4.78, 5) is 2.43. The van der Waals surface area contributed by atoms with Gasteiger partial charge in [-0.3, -0.25) is 0 Å². The maximum atomic E-state index is 9.90. The van der Waals surface area contributed by atoms with E-state index in [0.717, 1.165) is 11.3 Å². The first-order chi connectivity index (χ1) is 6.00. The Morgan fingerprint density at radius 3 is 2.38 bits per heavy atom. The molecule has 13 heavy (non-hydrogen) atoms. The number of hydrogen-bond donors (Lipinski definition) is 1. The zero-order valence-corrected chi connectivity index (χ0v) is 9.61. The fourth-order valence-electron chi connectivity index (χ4n) is 1.54. The van der Waals surface area contributed by atoms with E-state index < -0.39 is 0 Å². The van der Waals surface area contributed by atoms with Crippen molar-refractivity contribution in [2.45, 2.75) is 40.2 Å². The lowest BCUT2D eigenvalue weighted by molar-refractivity contribution is 0.154. The van der Waals surface area contributed by atoms with Crippen LogP contribution in [0.4, 0.5) is 0 Å². The predicted octanol–water partition coefficient (Wildman–Crippen LogP) is 3.44. The van der Waals surface area contributed by atoms with Crippen molar-refractivity contribution in [2.24, 2.45) is 5.92 Å². The molecule has 1 rings (SSSR count). The number of rotatable bonds is 3. The minimum Gasteiger partial charge on any atom is -0.388 e. The summed E-state index contributed by atoms with van der Waals surface area (Å²) in [5.41, 5.74) is 1.23. The Hall–Kier alpha value is -0.340. The number of aliphatic hydroxyl groups excluding tert-OH is 1. The van der Waals surface area contributed by atoms with Crippen molar-refractivity contribution < 1.29 is 5.11 Å². The topological polar surface area (TPSA) is 20.2 Å². The molecule has 1 atom stereocenters. The van der Waals surface area contributed by atoms with Gasteiger partial charge in [-0.1, -0.05) is 13.8 Å². The van der Waals surface area contributed by atoms with Gasteiger partial charge in [-0.15, -0.1) is 11.3 Å². The Balaban J connectivity index is 2.76. The Kier molecular flexibility index (Phi) is 3.51. The van der Waals surface area contributed by atoms with Gasteiger partial charge in [-0.2, -0.15) is 0 Å². The smallest absolute Gasteiger partial charge is 0.0887 e. The molecular formula is C11H18OS. The van der Waals surface area contributed by atoms with E-state index in [1.54, 1.807) is 11.3 Å². The first-order valence-electron chi connectivity index (χ1n) is 4.75. The predicted molar refractivity (Wildman–Crippen MR) is 58.2 cm³/mol. The van der Waals surface area contributed by atoms with E-state index in [9.17, 15) is 5.11 Å². The molecule has 0 aliphatic rings. The second-order valence-corrected chi connectivity index (χ2v) is 5.34. The quantitative estimate of drug-likeness (QED) is 0.788. The normalized spacial score (nSPS) is 13.7. The van der Waals surface area contributed by atoms with Gasteiger partial charge in [0.15, 0.2) is 0 Å². The van der Waals surface area contributed by atoms with Crippen molar-refractivity contribution in [3.63, 3.8) is 0 Å². The van der Waals surface area contributed by atoms with Crippen molar-refractivity contribution in [2.75, 3.05) is 0 Å². The third-order valence-corrected chi connectivity index (χ3v) is 3.33. The molecular weight excluding hydrogens is 180 g/mol. The van der Waals surface area contributed by atoms with Gasteiger partial charge < -0.3 is 5.11 Å². The Morgan fingerprint density at radius 2 is 2.00 bits per heavy atom. The van der Waals surface area contributed by atoms with Gasteiger partial charge in [0.05, 0.1) is 6.10 Å². The molecule has 1 unspecified atom stereocenters. The maximum Gasteiger partial charge on any atom is 0.0887 e. The first-order valence-corrected chi connectivity index (χ1v) is 5.57. The average Bonchev–Trinajstić information content (AvgIpc) is 2.28. The van der Waals surface area contributed by atoms with E-state index in [2.05, 4.69) is 33.8 Å². The van der Waals surface area contributed by atoms with Gasteiger partial charge in [0, 0.05) is 9.75 Å². The largest absolute Gasteiger partial charge is 0.388 e. The van der Waals surface area contributed by atoms with Crippen LogP contribution in [0.1, 0.15) is 41.7 Å². The molecule has 0 aromatic carbocycles. The molecule has 0 aliphatic carbocycles. The van der Waals surface area contributed by atoms with Crippen LogP contribution >= 0.6 is 11.3 Å². The second-order valence-electron chi connectivity index (χ2n) is 4.05. The SMILES string of the molecule is Cc1cc(C)c(C(O)CC(C)C)s1. The van der Waals surface area contributed by atoms with Crippen LogP contribution in [-0.4, -0.2) is 5.11 Å². The molecule has 0 amide bonds. The highest BCUT2D eigenvalue weighted by atomic mass is 32.1. The van der Waals surface area contributed by atoms with Crippen LogP contribution in [0, 0.1) is 19.8 Å². The van der Waals surface area contributed by atoms with Crippen LogP contribution in [0.15, 0.2) is 6.07 Å². The number of thiophene rings is 1. The van der Waals surface area contributed by atoms with Crippen LogP contribution in [-0.2, 0) is 0 Å². The fourth-order valence-corrected chi connectivity index (χ4v) is 2.58. The molecule has 1 aromatic rings. The third kappa shape index (κ3) is 2.82. The summed E-state index contributed by atoms with van der Waals surface area (Å²) < 4.78 is 0. The summed E-state index contributed by atoms with van der Waals surface area (Å²) in [6, 6.07) is 2.14. The zero-order valence-electron chi connectivity index (χ0n) is 8.79.